The van der Waals surface area contributed by atoms with E-state index in [4.69, 9.17) is 11.6 Å². The maximum Gasteiger partial charge on any atom is 0.255 e. The molecule has 25 heavy (non-hydrogen) atoms. The van der Waals surface area contributed by atoms with Crippen LogP contribution in [0.1, 0.15) is 15.9 Å². The first kappa shape index (κ1) is 16.9. The monoisotopic (exact) mass is 356 g/mol. The van der Waals surface area contributed by atoms with Crippen LogP contribution in [0.15, 0.2) is 71.7 Å². The van der Waals surface area contributed by atoms with Gasteiger partial charge in [-0.15, -0.1) is 0 Å². The Labute approximate surface area is 148 Å². The van der Waals surface area contributed by atoms with Crippen LogP contribution in [0.25, 0.3) is 5.69 Å². The van der Waals surface area contributed by atoms with Gasteiger partial charge in [0.2, 0.25) is 0 Å². The number of carbonyl (C=O) groups excluding carboxylic acids is 1. The molecular weight excluding hydrogens is 343 g/mol. The Morgan fingerprint density at radius 3 is 2.56 bits per heavy atom. The van der Waals surface area contributed by atoms with E-state index in [-0.39, 0.29) is 23.8 Å². The van der Waals surface area contributed by atoms with Gasteiger partial charge in [0.25, 0.3) is 11.5 Å². The molecule has 0 unspecified atom stereocenters. The Bertz CT molecular complexity index is 968. The number of hydrogen-bond donors (Lipinski definition) is 1. The average molecular weight is 357 g/mol. The molecule has 0 aliphatic heterocycles. The van der Waals surface area contributed by atoms with E-state index in [2.05, 4.69) is 5.32 Å². The maximum absolute atomic E-state index is 12.9. The van der Waals surface area contributed by atoms with Crippen LogP contribution in [0, 0.1) is 5.82 Å². The molecule has 0 spiro atoms. The largest absolute Gasteiger partial charge is 0.348 e. The quantitative estimate of drug-likeness (QED) is 0.777. The van der Waals surface area contributed by atoms with E-state index in [1.807, 2.05) is 0 Å². The molecule has 0 bridgehead atoms. The maximum atomic E-state index is 12.9. The van der Waals surface area contributed by atoms with Crippen molar-refractivity contribution in [2.75, 3.05) is 0 Å². The molecule has 3 rings (SSSR count). The van der Waals surface area contributed by atoms with Crippen molar-refractivity contribution >= 4 is 17.5 Å². The van der Waals surface area contributed by atoms with Crippen LogP contribution >= 0.6 is 11.6 Å². The van der Waals surface area contributed by atoms with Crippen molar-refractivity contribution in [2.45, 2.75) is 6.54 Å². The molecule has 1 N–H and O–H groups in total. The Morgan fingerprint density at radius 2 is 1.84 bits per heavy atom. The average Bonchev–Trinajstić information content (AvgIpc) is 2.61. The molecule has 126 valence electrons. The second-order valence-electron chi connectivity index (χ2n) is 5.42. The van der Waals surface area contributed by atoms with Gasteiger partial charge in [0, 0.05) is 23.8 Å². The number of nitrogens with zero attached hydrogens (tertiary/aromatic N) is 1. The minimum absolute atomic E-state index is 0.259. The molecule has 4 nitrogen and oxygen atoms in total. The van der Waals surface area contributed by atoms with Crippen LogP contribution in [0.5, 0.6) is 0 Å². The van der Waals surface area contributed by atoms with Crippen molar-refractivity contribution in [3.63, 3.8) is 0 Å². The van der Waals surface area contributed by atoms with Gasteiger partial charge >= 0.3 is 0 Å². The SMILES string of the molecule is O=C(NCc1ccc(F)cc1)c1ccc(=O)n(-c2cccc(Cl)c2)c1. The Balaban J connectivity index is 1.80. The van der Waals surface area contributed by atoms with Gasteiger partial charge in [-0.1, -0.05) is 29.8 Å². The summed E-state index contributed by atoms with van der Waals surface area (Å²) in [4.78, 5) is 24.4. The molecule has 3 aromatic rings. The van der Waals surface area contributed by atoms with Crippen LogP contribution in [0.4, 0.5) is 4.39 Å². The molecule has 0 saturated heterocycles. The van der Waals surface area contributed by atoms with Crippen LogP contribution < -0.4 is 10.9 Å². The molecule has 1 aromatic heterocycles. The number of nitrogens with one attached hydrogen (secondary N) is 1. The zero-order valence-electron chi connectivity index (χ0n) is 13.1. The first-order valence-electron chi connectivity index (χ1n) is 7.54. The highest BCUT2D eigenvalue weighted by Crippen LogP contribution is 2.14. The number of amides is 1. The zero-order valence-corrected chi connectivity index (χ0v) is 13.8. The first-order chi connectivity index (χ1) is 12.0. The molecule has 0 aliphatic carbocycles. The van der Waals surface area contributed by atoms with Crippen LogP contribution in [-0.4, -0.2) is 10.5 Å². The second kappa shape index (κ2) is 7.32. The van der Waals surface area contributed by atoms with Gasteiger partial charge in [-0.25, -0.2) is 4.39 Å². The first-order valence-corrected chi connectivity index (χ1v) is 7.92. The van der Waals surface area contributed by atoms with E-state index in [1.165, 1.54) is 35.0 Å². The summed E-state index contributed by atoms with van der Waals surface area (Å²) >= 11 is 5.96. The molecule has 0 saturated carbocycles. The third kappa shape index (κ3) is 4.14. The Kier molecular flexibility index (Phi) is 4.95. The van der Waals surface area contributed by atoms with E-state index in [0.717, 1.165) is 5.56 Å². The van der Waals surface area contributed by atoms with Crippen molar-refractivity contribution in [1.29, 1.82) is 0 Å². The summed E-state index contributed by atoms with van der Waals surface area (Å²) in [7, 11) is 0. The summed E-state index contributed by atoms with van der Waals surface area (Å²) in [6, 6.07) is 15.5. The standard InChI is InChI=1S/C19H14ClFN2O2/c20-15-2-1-3-17(10-15)23-12-14(6-9-18(23)24)19(25)22-11-13-4-7-16(21)8-5-13/h1-10,12H,11H2,(H,22,25). The van der Waals surface area contributed by atoms with Gasteiger partial charge in [-0.05, 0) is 42.0 Å². The number of rotatable bonds is 4. The molecule has 0 fully saturated rings. The Morgan fingerprint density at radius 1 is 1.08 bits per heavy atom. The molecule has 1 amide bonds. The molecule has 0 radical (unpaired) electrons. The van der Waals surface area contributed by atoms with E-state index in [0.29, 0.717) is 16.3 Å². The predicted molar refractivity (Wildman–Crippen MR) is 94.6 cm³/mol. The second-order valence-corrected chi connectivity index (χ2v) is 5.85. The summed E-state index contributed by atoms with van der Waals surface area (Å²) in [5.74, 6) is -0.663. The molecular formula is C19H14ClFN2O2. The summed E-state index contributed by atoms with van der Waals surface area (Å²) < 4.78 is 14.3. The summed E-state index contributed by atoms with van der Waals surface area (Å²) in [5, 5.41) is 3.24. The van der Waals surface area contributed by atoms with Gasteiger partial charge in [0.05, 0.1) is 11.3 Å². The topological polar surface area (TPSA) is 51.1 Å². The van der Waals surface area contributed by atoms with E-state index in [9.17, 15) is 14.0 Å². The van der Waals surface area contributed by atoms with Gasteiger partial charge < -0.3 is 5.32 Å². The Hall–Kier alpha value is -2.92. The van der Waals surface area contributed by atoms with Gasteiger partial charge in [0.15, 0.2) is 0 Å². The molecule has 0 atom stereocenters. The fourth-order valence-corrected chi connectivity index (χ4v) is 2.52. The number of benzene rings is 2. The summed E-state index contributed by atoms with van der Waals surface area (Å²) in [6.45, 7) is 0.259. The minimum Gasteiger partial charge on any atom is -0.348 e. The summed E-state index contributed by atoms with van der Waals surface area (Å²) in [6.07, 6.45) is 1.47. The lowest BCUT2D eigenvalue weighted by Gasteiger charge is -2.09. The van der Waals surface area contributed by atoms with Crippen molar-refractivity contribution in [3.05, 3.63) is 99.2 Å². The van der Waals surface area contributed by atoms with Crippen molar-refractivity contribution in [2.24, 2.45) is 0 Å². The van der Waals surface area contributed by atoms with Crippen LogP contribution in [0.2, 0.25) is 5.02 Å². The third-order valence-corrected chi connectivity index (χ3v) is 3.86. The predicted octanol–water partition coefficient (Wildman–Crippen LogP) is 3.56. The summed E-state index contributed by atoms with van der Waals surface area (Å²) in [5.41, 5.74) is 1.42. The van der Waals surface area contributed by atoms with E-state index >= 15 is 0 Å². The highest BCUT2D eigenvalue weighted by Gasteiger charge is 2.09. The minimum atomic E-state index is -0.333. The van der Waals surface area contributed by atoms with Gasteiger partial charge in [-0.2, -0.15) is 0 Å². The van der Waals surface area contributed by atoms with E-state index in [1.54, 1.807) is 36.4 Å². The van der Waals surface area contributed by atoms with Gasteiger partial charge in [-0.3, -0.25) is 14.2 Å². The van der Waals surface area contributed by atoms with Crippen molar-refractivity contribution in [3.8, 4) is 5.69 Å². The van der Waals surface area contributed by atoms with Crippen LogP contribution in [-0.2, 0) is 6.54 Å². The number of pyridine rings is 1. The molecule has 2 aromatic carbocycles. The van der Waals surface area contributed by atoms with Crippen LogP contribution in [0.3, 0.4) is 0 Å². The normalized spacial score (nSPS) is 10.5. The lowest BCUT2D eigenvalue weighted by molar-refractivity contribution is 0.0950. The number of carbonyl (C=O) groups is 1. The highest BCUT2D eigenvalue weighted by atomic mass is 35.5. The lowest BCUT2D eigenvalue weighted by Crippen LogP contribution is -2.25. The number of aromatic nitrogens is 1. The van der Waals surface area contributed by atoms with Crippen molar-refractivity contribution < 1.29 is 9.18 Å². The third-order valence-electron chi connectivity index (χ3n) is 3.63. The van der Waals surface area contributed by atoms with Crippen molar-refractivity contribution in [1.82, 2.24) is 9.88 Å². The zero-order chi connectivity index (χ0) is 17.8. The van der Waals surface area contributed by atoms with E-state index < -0.39 is 0 Å². The van der Waals surface area contributed by atoms with Gasteiger partial charge in [0.1, 0.15) is 5.82 Å². The lowest BCUT2D eigenvalue weighted by atomic mass is 10.2. The number of hydrogen-bond acceptors (Lipinski definition) is 2. The fourth-order valence-electron chi connectivity index (χ4n) is 2.34. The fraction of sp³-hybridized carbons (Fsp3) is 0.0526. The highest BCUT2D eigenvalue weighted by molar-refractivity contribution is 6.30. The number of halogens is 2. The molecule has 0 aliphatic rings. The smallest absolute Gasteiger partial charge is 0.255 e. The molecule has 1 heterocycles. The molecule has 6 heteroatoms.